The SMILES string of the molecule is O=S(=O)([O-])c1cccc(CO)c1.[Na+]. The Morgan fingerprint density at radius 3 is 2.46 bits per heavy atom. The van der Waals surface area contributed by atoms with E-state index in [1.807, 2.05) is 0 Å². The zero-order chi connectivity index (χ0) is 9.19. The number of benzene rings is 1. The Hall–Kier alpha value is 0.0900. The molecule has 0 radical (unpaired) electrons. The van der Waals surface area contributed by atoms with Crippen LogP contribution in [0, 0.1) is 0 Å². The molecule has 1 N–H and O–H groups in total. The molecule has 0 aliphatic rings. The van der Waals surface area contributed by atoms with Crippen molar-refractivity contribution in [3.8, 4) is 0 Å². The topological polar surface area (TPSA) is 77.4 Å². The van der Waals surface area contributed by atoms with Crippen LogP contribution < -0.4 is 29.6 Å². The van der Waals surface area contributed by atoms with Crippen molar-refractivity contribution in [2.75, 3.05) is 0 Å². The summed E-state index contributed by atoms with van der Waals surface area (Å²) in [5.41, 5.74) is 0.409. The second-order valence-corrected chi connectivity index (χ2v) is 3.64. The van der Waals surface area contributed by atoms with Crippen LogP contribution in [0.1, 0.15) is 5.56 Å². The van der Waals surface area contributed by atoms with Crippen molar-refractivity contribution in [3.63, 3.8) is 0 Å². The molecule has 4 nitrogen and oxygen atoms in total. The average molecular weight is 210 g/mol. The zero-order valence-corrected chi connectivity index (χ0v) is 9.91. The van der Waals surface area contributed by atoms with Gasteiger partial charge in [0, 0.05) is 0 Å². The summed E-state index contributed by atoms with van der Waals surface area (Å²) in [7, 11) is -4.40. The van der Waals surface area contributed by atoms with Crippen LogP contribution in [-0.2, 0) is 16.7 Å². The third kappa shape index (κ3) is 3.76. The number of hydrogen-bond donors (Lipinski definition) is 1. The van der Waals surface area contributed by atoms with Crippen LogP contribution in [0.4, 0.5) is 0 Å². The van der Waals surface area contributed by atoms with E-state index in [0.29, 0.717) is 5.56 Å². The van der Waals surface area contributed by atoms with Crippen molar-refractivity contribution in [2.24, 2.45) is 0 Å². The molecule has 1 aromatic rings. The van der Waals surface area contributed by atoms with E-state index in [2.05, 4.69) is 0 Å². The summed E-state index contributed by atoms with van der Waals surface area (Å²) in [5.74, 6) is 0. The van der Waals surface area contributed by atoms with E-state index in [0.717, 1.165) is 6.07 Å². The second kappa shape index (κ2) is 5.09. The van der Waals surface area contributed by atoms with Gasteiger partial charge in [-0.2, -0.15) is 0 Å². The summed E-state index contributed by atoms with van der Waals surface area (Å²) in [6, 6.07) is 5.30. The van der Waals surface area contributed by atoms with Gasteiger partial charge in [0.1, 0.15) is 10.1 Å². The third-order valence-electron chi connectivity index (χ3n) is 1.37. The second-order valence-electron chi connectivity index (χ2n) is 2.26. The Morgan fingerprint density at radius 2 is 2.00 bits per heavy atom. The number of rotatable bonds is 2. The van der Waals surface area contributed by atoms with Gasteiger partial charge in [-0.25, -0.2) is 8.42 Å². The summed E-state index contributed by atoms with van der Waals surface area (Å²) < 4.78 is 31.4. The van der Waals surface area contributed by atoms with Crippen molar-refractivity contribution in [3.05, 3.63) is 29.8 Å². The Bertz CT molecular complexity index is 374. The normalized spacial score (nSPS) is 10.6. The minimum atomic E-state index is -4.40. The van der Waals surface area contributed by atoms with E-state index in [4.69, 9.17) is 5.11 Å². The molecule has 0 aromatic heterocycles. The van der Waals surface area contributed by atoms with Crippen LogP contribution in [0.3, 0.4) is 0 Å². The van der Waals surface area contributed by atoms with Crippen LogP contribution >= 0.6 is 0 Å². The summed E-state index contributed by atoms with van der Waals surface area (Å²) >= 11 is 0. The first kappa shape index (κ1) is 13.1. The van der Waals surface area contributed by atoms with Crippen molar-refractivity contribution in [1.82, 2.24) is 0 Å². The van der Waals surface area contributed by atoms with Gasteiger partial charge in [0.05, 0.1) is 11.5 Å². The van der Waals surface area contributed by atoms with Crippen molar-refractivity contribution >= 4 is 10.1 Å². The van der Waals surface area contributed by atoms with Crippen LogP contribution in [0.15, 0.2) is 29.2 Å². The Balaban J connectivity index is 0.00000144. The van der Waals surface area contributed by atoms with Gasteiger partial charge in [-0.1, -0.05) is 12.1 Å². The molecule has 0 bridgehead atoms. The summed E-state index contributed by atoms with van der Waals surface area (Å²) in [4.78, 5) is -0.311. The Morgan fingerprint density at radius 1 is 1.38 bits per heavy atom. The monoisotopic (exact) mass is 210 g/mol. The molecule has 0 saturated carbocycles. The van der Waals surface area contributed by atoms with Gasteiger partial charge in [-0.15, -0.1) is 0 Å². The minimum absolute atomic E-state index is 0. The quantitative estimate of drug-likeness (QED) is 0.419. The molecule has 6 heteroatoms. The number of aliphatic hydroxyl groups excluding tert-OH is 1. The maximum atomic E-state index is 10.5. The molecule has 0 saturated heterocycles. The fourth-order valence-electron chi connectivity index (χ4n) is 0.799. The van der Waals surface area contributed by atoms with Gasteiger partial charge in [-0.3, -0.25) is 0 Å². The number of hydrogen-bond acceptors (Lipinski definition) is 4. The van der Waals surface area contributed by atoms with Crippen LogP contribution in [0.25, 0.3) is 0 Å². The molecule has 0 unspecified atom stereocenters. The zero-order valence-electron chi connectivity index (χ0n) is 7.10. The maximum absolute atomic E-state index is 10.5. The third-order valence-corrected chi connectivity index (χ3v) is 2.20. The van der Waals surface area contributed by atoms with E-state index in [1.165, 1.54) is 18.2 Å². The molecule has 0 aliphatic heterocycles. The van der Waals surface area contributed by atoms with Crippen molar-refractivity contribution in [1.29, 1.82) is 0 Å². The molecule has 0 amide bonds. The number of aliphatic hydroxyl groups is 1. The van der Waals surface area contributed by atoms with Gasteiger partial charge >= 0.3 is 29.6 Å². The Labute approximate surface area is 98.6 Å². The average Bonchev–Trinajstić information content (AvgIpc) is 2.03. The van der Waals surface area contributed by atoms with Gasteiger partial charge in [0.15, 0.2) is 0 Å². The molecule has 1 rings (SSSR count). The first-order chi connectivity index (χ1) is 5.54. The molecule has 0 spiro atoms. The summed E-state index contributed by atoms with van der Waals surface area (Å²) in [6.45, 7) is -0.274. The van der Waals surface area contributed by atoms with E-state index in [1.54, 1.807) is 0 Å². The molecular weight excluding hydrogens is 203 g/mol. The molecule has 0 fully saturated rings. The fraction of sp³-hybridized carbons (Fsp3) is 0.143. The van der Waals surface area contributed by atoms with E-state index < -0.39 is 10.1 Å². The van der Waals surface area contributed by atoms with Crippen LogP contribution in [0.2, 0.25) is 0 Å². The largest absolute Gasteiger partial charge is 1.00 e. The predicted octanol–water partition coefficient (Wildman–Crippen LogP) is -2.91. The molecule has 13 heavy (non-hydrogen) atoms. The van der Waals surface area contributed by atoms with Gasteiger partial charge in [-0.05, 0) is 17.7 Å². The molecule has 1 aromatic carbocycles. The van der Waals surface area contributed by atoms with Gasteiger partial charge < -0.3 is 9.66 Å². The first-order valence-corrected chi connectivity index (χ1v) is 4.60. The fourth-order valence-corrected chi connectivity index (χ4v) is 1.34. The van der Waals surface area contributed by atoms with Gasteiger partial charge in [0.25, 0.3) is 0 Å². The van der Waals surface area contributed by atoms with E-state index in [-0.39, 0.29) is 41.1 Å². The predicted molar refractivity (Wildman–Crippen MR) is 40.3 cm³/mol. The van der Waals surface area contributed by atoms with Crippen molar-refractivity contribution in [2.45, 2.75) is 11.5 Å². The van der Waals surface area contributed by atoms with Crippen LogP contribution in [0.5, 0.6) is 0 Å². The van der Waals surface area contributed by atoms with Crippen LogP contribution in [-0.4, -0.2) is 18.1 Å². The molecule has 0 aliphatic carbocycles. The molecule has 66 valence electrons. The van der Waals surface area contributed by atoms with Gasteiger partial charge in [0.2, 0.25) is 0 Å². The maximum Gasteiger partial charge on any atom is 1.00 e. The van der Waals surface area contributed by atoms with E-state index >= 15 is 0 Å². The Kier molecular flexibility index (Phi) is 5.13. The summed E-state index contributed by atoms with van der Waals surface area (Å²) in [6.07, 6.45) is 0. The standard InChI is InChI=1S/C7H8O4S.Na/c8-5-6-2-1-3-7(4-6)12(9,10)11;/h1-4,8H,5H2,(H,9,10,11);/q;+1/p-1. The smallest absolute Gasteiger partial charge is 0.744 e. The minimum Gasteiger partial charge on any atom is -0.744 e. The molecule has 0 heterocycles. The van der Waals surface area contributed by atoms with E-state index in [9.17, 15) is 13.0 Å². The summed E-state index contributed by atoms with van der Waals surface area (Å²) in [5, 5.41) is 8.63. The molecular formula is C7H7NaO4S. The van der Waals surface area contributed by atoms with Crippen molar-refractivity contribution < 1.29 is 47.6 Å². The first-order valence-electron chi connectivity index (χ1n) is 3.20. The molecule has 0 atom stereocenters.